The van der Waals surface area contributed by atoms with Crippen LogP contribution in [0.15, 0.2) is 41.1 Å². The summed E-state index contributed by atoms with van der Waals surface area (Å²) in [5, 5.41) is 4.00. The van der Waals surface area contributed by atoms with E-state index in [0.29, 0.717) is 0 Å². The summed E-state index contributed by atoms with van der Waals surface area (Å²) in [5.74, 6) is -0.260. The highest BCUT2D eigenvalue weighted by Crippen LogP contribution is 2.08. The van der Waals surface area contributed by atoms with Crippen LogP contribution in [0.4, 0.5) is 4.39 Å². The molecule has 0 bridgehead atoms. The van der Waals surface area contributed by atoms with Crippen LogP contribution in [-0.4, -0.2) is 15.6 Å². The van der Waals surface area contributed by atoms with Crippen LogP contribution in [0.1, 0.15) is 5.56 Å². The summed E-state index contributed by atoms with van der Waals surface area (Å²) < 4.78 is 15.1. The molecule has 0 N–H and O–H groups in total. The standard InChI is InChI=1S/C12H10BrFN2O/c13-10-6-15-16(7-10)8-12(17)5-9-1-3-11(14)4-2-9/h1-4,6-7H,5,8H2. The Bertz CT molecular complexity index is 522. The Kier molecular flexibility index (Phi) is 3.68. The molecule has 3 nitrogen and oxygen atoms in total. The Morgan fingerprint density at radius 3 is 2.65 bits per heavy atom. The van der Waals surface area contributed by atoms with E-state index in [9.17, 15) is 9.18 Å². The molecule has 0 radical (unpaired) electrons. The van der Waals surface area contributed by atoms with Gasteiger partial charge in [-0.3, -0.25) is 9.48 Å². The smallest absolute Gasteiger partial charge is 0.158 e. The highest BCUT2D eigenvalue weighted by atomic mass is 79.9. The van der Waals surface area contributed by atoms with Gasteiger partial charge < -0.3 is 0 Å². The van der Waals surface area contributed by atoms with Crippen molar-refractivity contribution in [2.24, 2.45) is 0 Å². The number of rotatable bonds is 4. The molecule has 5 heteroatoms. The molecule has 1 heterocycles. The Morgan fingerprint density at radius 1 is 1.35 bits per heavy atom. The summed E-state index contributed by atoms with van der Waals surface area (Å²) >= 11 is 3.26. The molecule has 2 aromatic rings. The van der Waals surface area contributed by atoms with Crippen LogP contribution in [-0.2, 0) is 17.8 Å². The lowest BCUT2D eigenvalue weighted by Gasteiger charge is -2.01. The first-order valence-corrected chi connectivity index (χ1v) is 5.87. The Hall–Kier alpha value is -1.49. The minimum absolute atomic E-state index is 0.0345. The van der Waals surface area contributed by atoms with Gasteiger partial charge in [0.25, 0.3) is 0 Å². The third kappa shape index (κ3) is 3.49. The van der Waals surface area contributed by atoms with Crippen LogP contribution in [0.2, 0.25) is 0 Å². The molecule has 0 saturated carbocycles. The second-order valence-corrected chi connectivity index (χ2v) is 4.61. The number of aromatic nitrogens is 2. The van der Waals surface area contributed by atoms with Crippen LogP contribution in [0, 0.1) is 5.82 Å². The van der Waals surface area contributed by atoms with Crippen LogP contribution < -0.4 is 0 Å². The van der Waals surface area contributed by atoms with Gasteiger partial charge in [0.15, 0.2) is 5.78 Å². The van der Waals surface area contributed by atoms with Crippen LogP contribution >= 0.6 is 15.9 Å². The lowest BCUT2D eigenvalue weighted by Crippen LogP contribution is -2.12. The number of halogens is 2. The summed E-state index contributed by atoms with van der Waals surface area (Å²) in [6, 6.07) is 5.94. The molecule has 0 amide bonds. The average molecular weight is 297 g/mol. The number of Topliss-reactive ketones (excluding diaryl/α,β-unsaturated/α-hetero) is 1. The molecule has 1 aromatic heterocycles. The van der Waals surface area contributed by atoms with Crippen molar-refractivity contribution >= 4 is 21.7 Å². The summed E-state index contributed by atoms with van der Waals surface area (Å²) in [6.45, 7) is 0.225. The average Bonchev–Trinajstić information content (AvgIpc) is 2.67. The van der Waals surface area contributed by atoms with E-state index in [1.165, 1.54) is 12.1 Å². The fraction of sp³-hybridized carbons (Fsp3) is 0.167. The van der Waals surface area contributed by atoms with Crippen molar-refractivity contribution in [1.29, 1.82) is 0 Å². The zero-order valence-electron chi connectivity index (χ0n) is 8.94. The fourth-order valence-corrected chi connectivity index (χ4v) is 1.82. The van der Waals surface area contributed by atoms with Gasteiger partial charge in [-0.2, -0.15) is 5.10 Å². The van der Waals surface area contributed by atoms with Gasteiger partial charge in [0.05, 0.1) is 17.2 Å². The topological polar surface area (TPSA) is 34.9 Å². The normalized spacial score (nSPS) is 10.5. The fourth-order valence-electron chi connectivity index (χ4n) is 1.49. The number of benzene rings is 1. The van der Waals surface area contributed by atoms with Gasteiger partial charge in [-0.15, -0.1) is 0 Å². The molecule has 88 valence electrons. The Labute approximate surface area is 106 Å². The zero-order chi connectivity index (χ0) is 12.3. The number of ketones is 1. The lowest BCUT2D eigenvalue weighted by atomic mass is 10.1. The van der Waals surface area contributed by atoms with Gasteiger partial charge in [-0.25, -0.2) is 4.39 Å². The molecule has 1 aromatic carbocycles. The maximum Gasteiger partial charge on any atom is 0.158 e. The highest BCUT2D eigenvalue weighted by Gasteiger charge is 2.06. The van der Waals surface area contributed by atoms with Crippen LogP contribution in [0.25, 0.3) is 0 Å². The van der Waals surface area contributed by atoms with Gasteiger partial charge >= 0.3 is 0 Å². The van der Waals surface area contributed by atoms with Gasteiger partial charge in [-0.1, -0.05) is 12.1 Å². The van der Waals surface area contributed by atoms with E-state index in [4.69, 9.17) is 0 Å². The molecule has 2 rings (SSSR count). The SMILES string of the molecule is O=C(Cc1ccc(F)cc1)Cn1cc(Br)cn1. The number of hydrogen-bond acceptors (Lipinski definition) is 2. The monoisotopic (exact) mass is 296 g/mol. The lowest BCUT2D eigenvalue weighted by molar-refractivity contribution is -0.119. The zero-order valence-corrected chi connectivity index (χ0v) is 10.5. The quantitative estimate of drug-likeness (QED) is 0.869. The first kappa shape index (κ1) is 12.0. The van der Waals surface area contributed by atoms with E-state index in [0.717, 1.165) is 10.0 Å². The minimum Gasteiger partial charge on any atom is -0.297 e. The van der Waals surface area contributed by atoms with Gasteiger partial charge in [0.1, 0.15) is 5.82 Å². The van der Waals surface area contributed by atoms with E-state index in [2.05, 4.69) is 21.0 Å². The molecular weight excluding hydrogens is 287 g/mol. The first-order chi connectivity index (χ1) is 8.13. The third-order valence-corrected chi connectivity index (χ3v) is 2.66. The molecule has 0 spiro atoms. The van der Waals surface area contributed by atoms with Gasteiger partial charge in [-0.05, 0) is 33.6 Å². The Morgan fingerprint density at radius 2 is 2.06 bits per heavy atom. The minimum atomic E-state index is -0.294. The van der Waals surface area contributed by atoms with Crippen molar-refractivity contribution in [3.8, 4) is 0 Å². The third-order valence-electron chi connectivity index (χ3n) is 2.25. The second-order valence-electron chi connectivity index (χ2n) is 3.70. The largest absolute Gasteiger partial charge is 0.297 e. The second kappa shape index (κ2) is 5.23. The maximum atomic E-state index is 12.7. The van der Waals surface area contributed by atoms with Gasteiger partial charge in [0.2, 0.25) is 0 Å². The molecule has 0 aliphatic heterocycles. The van der Waals surface area contributed by atoms with Crippen molar-refractivity contribution in [3.63, 3.8) is 0 Å². The van der Waals surface area contributed by atoms with Crippen molar-refractivity contribution in [2.75, 3.05) is 0 Å². The van der Waals surface area contributed by atoms with E-state index in [-0.39, 0.29) is 24.6 Å². The number of carbonyl (C=O) groups excluding carboxylic acids is 1. The summed E-state index contributed by atoms with van der Waals surface area (Å²) in [4.78, 5) is 11.7. The van der Waals surface area contributed by atoms with Crippen molar-refractivity contribution in [1.82, 2.24) is 9.78 Å². The van der Waals surface area contributed by atoms with Crippen molar-refractivity contribution in [3.05, 3.63) is 52.5 Å². The highest BCUT2D eigenvalue weighted by molar-refractivity contribution is 9.10. The van der Waals surface area contributed by atoms with Crippen LogP contribution in [0.5, 0.6) is 0 Å². The van der Waals surface area contributed by atoms with E-state index < -0.39 is 0 Å². The predicted octanol–water partition coefficient (Wildman–Crippen LogP) is 2.60. The van der Waals surface area contributed by atoms with E-state index in [1.807, 2.05) is 0 Å². The van der Waals surface area contributed by atoms with Crippen LogP contribution in [0.3, 0.4) is 0 Å². The van der Waals surface area contributed by atoms with Crippen molar-refractivity contribution in [2.45, 2.75) is 13.0 Å². The molecular formula is C12H10BrFN2O. The molecule has 0 aliphatic carbocycles. The first-order valence-electron chi connectivity index (χ1n) is 5.07. The number of hydrogen-bond donors (Lipinski definition) is 0. The molecule has 0 saturated heterocycles. The molecule has 0 fully saturated rings. The molecule has 0 atom stereocenters. The molecule has 0 unspecified atom stereocenters. The summed E-state index contributed by atoms with van der Waals surface area (Å²) in [7, 11) is 0. The summed E-state index contributed by atoms with van der Waals surface area (Å²) in [6.07, 6.45) is 3.66. The van der Waals surface area contributed by atoms with Crippen molar-refractivity contribution < 1.29 is 9.18 Å². The van der Waals surface area contributed by atoms with Gasteiger partial charge in [0, 0.05) is 12.6 Å². The predicted molar refractivity (Wildman–Crippen MR) is 65.0 cm³/mol. The Balaban J connectivity index is 1.95. The number of carbonyl (C=O) groups is 1. The summed E-state index contributed by atoms with van der Waals surface area (Å²) in [5.41, 5.74) is 0.808. The maximum absolute atomic E-state index is 12.7. The molecule has 0 aliphatic rings. The van der Waals surface area contributed by atoms with E-state index in [1.54, 1.807) is 29.2 Å². The number of nitrogens with zero attached hydrogens (tertiary/aromatic N) is 2. The van der Waals surface area contributed by atoms with E-state index >= 15 is 0 Å². The molecule has 17 heavy (non-hydrogen) atoms.